The maximum absolute atomic E-state index is 13.5. The Bertz CT molecular complexity index is 1360. The molecule has 1 aliphatic carbocycles. The van der Waals surface area contributed by atoms with Gasteiger partial charge in [0.15, 0.2) is 10.9 Å². The van der Waals surface area contributed by atoms with Crippen LogP contribution in [0.5, 0.6) is 0 Å². The van der Waals surface area contributed by atoms with Crippen LogP contribution >= 0.6 is 11.8 Å². The number of hydrogen-bond acceptors (Lipinski definition) is 5. The Hall–Kier alpha value is -2.93. The van der Waals surface area contributed by atoms with Crippen molar-refractivity contribution >= 4 is 34.4 Å². The van der Waals surface area contributed by atoms with Gasteiger partial charge in [0.1, 0.15) is 0 Å². The van der Waals surface area contributed by atoms with Gasteiger partial charge >= 0.3 is 0 Å². The van der Waals surface area contributed by atoms with Gasteiger partial charge in [0, 0.05) is 23.7 Å². The van der Waals surface area contributed by atoms with Crippen molar-refractivity contribution in [3.63, 3.8) is 0 Å². The highest BCUT2D eigenvalue weighted by molar-refractivity contribution is 7.99. The van der Waals surface area contributed by atoms with Gasteiger partial charge in [-0.15, -0.1) is 0 Å². The minimum atomic E-state index is -0.133. The number of ketones is 1. The average molecular weight is 520 g/mol. The van der Waals surface area contributed by atoms with Crippen molar-refractivity contribution in [2.75, 3.05) is 5.75 Å². The van der Waals surface area contributed by atoms with Crippen LogP contribution in [-0.2, 0) is 6.54 Å². The number of hydrogen-bond donors (Lipinski definition) is 1. The fourth-order valence-corrected chi connectivity index (χ4v) is 5.70. The van der Waals surface area contributed by atoms with Crippen LogP contribution in [0, 0.1) is 19.8 Å². The lowest BCUT2D eigenvalue weighted by Gasteiger charge is -2.22. The molecular formula is C30H37N3O3S. The summed E-state index contributed by atoms with van der Waals surface area (Å²) in [7, 11) is 0. The first-order valence-electron chi connectivity index (χ1n) is 13.3. The van der Waals surface area contributed by atoms with E-state index in [4.69, 9.17) is 4.98 Å². The van der Waals surface area contributed by atoms with Crippen LogP contribution in [0.4, 0.5) is 0 Å². The molecule has 0 saturated heterocycles. The third kappa shape index (κ3) is 6.69. The van der Waals surface area contributed by atoms with E-state index in [0.29, 0.717) is 39.6 Å². The number of aromatic nitrogens is 2. The molecule has 0 unspecified atom stereocenters. The summed E-state index contributed by atoms with van der Waals surface area (Å²) in [4.78, 5) is 44.3. The number of rotatable bonds is 9. The zero-order valence-corrected chi connectivity index (χ0v) is 23.1. The highest BCUT2D eigenvalue weighted by Crippen LogP contribution is 2.23. The number of amides is 1. The summed E-state index contributed by atoms with van der Waals surface area (Å²) >= 11 is 1.29. The second-order valence-corrected chi connectivity index (χ2v) is 11.5. The molecule has 4 rings (SSSR count). The molecule has 1 N–H and O–H groups in total. The molecule has 1 heterocycles. The number of aryl methyl sites for hydroxylation is 2. The number of nitrogens with zero attached hydrogens (tertiary/aromatic N) is 2. The van der Waals surface area contributed by atoms with Crippen LogP contribution in [0.15, 0.2) is 46.3 Å². The molecule has 0 bridgehead atoms. The Balaban J connectivity index is 1.63. The molecule has 1 aromatic heterocycles. The van der Waals surface area contributed by atoms with Gasteiger partial charge in [0.05, 0.1) is 16.7 Å². The molecule has 7 heteroatoms. The van der Waals surface area contributed by atoms with Crippen molar-refractivity contribution in [3.05, 3.63) is 69.0 Å². The molecular weight excluding hydrogens is 482 g/mol. The Morgan fingerprint density at radius 3 is 2.57 bits per heavy atom. The van der Waals surface area contributed by atoms with Gasteiger partial charge in [-0.2, -0.15) is 0 Å². The Kier molecular flexibility index (Phi) is 8.85. The smallest absolute Gasteiger partial charge is 0.262 e. The van der Waals surface area contributed by atoms with Crippen LogP contribution in [0.2, 0.25) is 0 Å². The number of nitrogens with one attached hydrogen (secondary N) is 1. The maximum atomic E-state index is 13.5. The number of thioether (sulfide) groups is 1. The van der Waals surface area contributed by atoms with Gasteiger partial charge in [0.25, 0.3) is 11.5 Å². The van der Waals surface area contributed by atoms with Crippen molar-refractivity contribution in [3.8, 4) is 0 Å². The van der Waals surface area contributed by atoms with E-state index in [9.17, 15) is 14.4 Å². The highest BCUT2D eigenvalue weighted by Gasteiger charge is 2.19. The van der Waals surface area contributed by atoms with Crippen LogP contribution in [0.25, 0.3) is 10.9 Å². The minimum absolute atomic E-state index is 0.0107. The number of benzene rings is 2. The molecule has 3 aromatic rings. The zero-order chi connectivity index (χ0) is 26.5. The topological polar surface area (TPSA) is 81.1 Å². The van der Waals surface area contributed by atoms with Crippen molar-refractivity contribution in [2.24, 2.45) is 5.92 Å². The predicted octanol–water partition coefficient (Wildman–Crippen LogP) is 6.10. The van der Waals surface area contributed by atoms with Crippen molar-refractivity contribution in [1.82, 2.24) is 14.9 Å². The summed E-state index contributed by atoms with van der Waals surface area (Å²) in [6.45, 7) is 8.68. The third-order valence-corrected chi connectivity index (χ3v) is 8.06. The SMILES string of the molecule is Cc1ccc(C)c(C(=O)CSc2nc3cc(C(=O)NC4CCCCC4)ccc3c(=O)n2CCC(C)C)c1. The number of carbonyl (C=O) groups excluding carboxylic acids is 2. The van der Waals surface area contributed by atoms with Gasteiger partial charge in [-0.05, 0) is 68.9 Å². The molecule has 6 nitrogen and oxygen atoms in total. The van der Waals surface area contributed by atoms with Gasteiger partial charge in [0.2, 0.25) is 0 Å². The van der Waals surface area contributed by atoms with Crippen molar-refractivity contribution in [2.45, 2.75) is 84.0 Å². The van der Waals surface area contributed by atoms with E-state index < -0.39 is 0 Å². The maximum Gasteiger partial charge on any atom is 0.262 e. The van der Waals surface area contributed by atoms with E-state index in [1.165, 1.54) is 18.2 Å². The largest absolute Gasteiger partial charge is 0.349 e. The Morgan fingerprint density at radius 1 is 1.08 bits per heavy atom. The van der Waals surface area contributed by atoms with Crippen molar-refractivity contribution in [1.29, 1.82) is 0 Å². The molecule has 2 aromatic carbocycles. The molecule has 0 radical (unpaired) electrons. The quantitative estimate of drug-likeness (QED) is 0.210. The lowest BCUT2D eigenvalue weighted by Crippen LogP contribution is -2.36. The summed E-state index contributed by atoms with van der Waals surface area (Å²) in [5, 5.41) is 4.15. The summed E-state index contributed by atoms with van der Waals surface area (Å²) < 4.78 is 1.69. The van der Waals surface area contributed by atoms with E-state index in [1.54, 1.807) is 22.8 Å². The zero-order valence-electron chi connectivity index (χ0n) is 22.3. The van der Waals surface area contributed by atoms with E-state index >= 15 is 0 Å². The van der Waals surface area contributed by atoms with E-state index in [0.717, 1.165) is 43.2 Å². The second-order valence-electron chi connectivity index (χ2n) is 10.6. The monoisotopic (exact) mass is 519 g/mol. The standard InChI is InChI=1S/C30H37N3O3S/c1-19(2)14-15-33-29(36)24-13-12-22(28(35)31-23-8-6-5-7-9-23)17-26(24)32-30(33)37-18-27(34)25-16-20(3)10-11-21(25)4/h10-13,16-17,19,23H,5-9,14-15,18H2,1-4H3,(H,31,35). The normalized spacial score (nSPS) is 14.3. The molecule has 37 heavy (non-hydrogen) atoms. The summed E-state index contributed by atoms with van der Waals surface area (Å²) in [5.74, 6) is 0.490. The highest BCUT2D eigenvalue weighted by atomic mass is 32.2. The second kappa shape index (κ2) is 12.1. The lowest BCUT2D eigenvalue weighted by molar-refractivity contribution is 0.0927. The number of fused-ring (bicyclic) bond motifs is 1. The lowest BCUT2D eigenvalue weighted by atomic mass is 9.95. The third-order valence-electron chi connectivity index (χ3n) is 7.08. The molecule has 1 fully saturated rings. The van der Waals surface area contributed by atoms with Crippen LogP contribution in [0.1, 0.15) is 84.2 Å². The van der Waals surface area contributed by atoms with E-state index in [-0.39, 0.29) is 29.0 Å². The fraction of sp³-hybridized carbons (Fsp3) is 0.467. The number of Topliss-reactive ketones (excluding diaryl/α,β-unsaturated/α-hetero) is 1. The summed E-state index contributed by atoms with van der Waals surface area (Å²) in [5.41, 5.74) is 3.54. The average Bonchev–Trinajstić information content (AvgIpc) is 2.88. The fourth-order valence-electron chi connectivity index (χ4n) is 4.80. The molecule has 1 aliphatic rings. The van der Waals surface area contributed by atoms with Gasteiger partial charge in [-0.1, -0.05) is 62.6 Å². The molecule has 1 saturated carbocycles. The van der Waals surface area contributed by atoms with Gasteiger partial charge < -0.3 is 5.32 Å². The van der Waals surface area contributed by atoms with Crippen LogP contribution in [0.3, 0.4) is 0 Å². The Morgan fingerprint density at radius 2 is 1.84 bits per heavy atom. The predicted molar refractivity (Wildman–Crippen MR) is 151 cm³/mol. The van der Waals surface area contributed by atoms with E-state index in [2.05, 4.69) is 19.2 Å². The first kappa shape index (κ1) is 27.1. The molecule has 0 aliphatic heterocycles. The molecule has 1 amide bonds. The molecule has 0 spiro atoms. The van der Waals surface area contributed by atoms with Gasteiger partial charge in [-0.3, -0.25) is 19.0 Å². The summed E-state index contributed by atoms with van der Waals surface area (Å²) in [6, 6.07) is 11.2. The first-order valence-corrected chi connectivity index (χ1v) is 14.3. The number of carbonyl (C=O) groups is 2. The molecule has 196 valence electrons. The Labute approximate surface area is 223 Å². The van der Waals surface area contributed by atoms with Crippen LogP contribution in [-0.4, -0.2) is 33.0 Å². The summed E-state index contributed by atoms with van der Waals surface area (Å²) in [6.07, 6.45) is 6.35. The van der Waals surface area contributed by atoms with E-state index in [1.807, 2.05) is 32.0 Å². The van der Waals surface area contributed by atoms with Gasteiger partial charge in [-0.25, -0.2) is 4.98 Å². The van der Waals surface area contributed by atoms with Crippen molar-refractivity contribution < 1.29 is 9.59 Å². The van der Waals surface area contributed by atoms with Crippen LogP contribution < -0.4 is 10.9 Å². The first-order chi connectivity index (χ1) is 17.7. The minimum Gasteiger partial charge on any atom is -0.349 e. The molecule has 0 atom stereocenters.